The average Bonchev–Trinajstić information content (AvgIpc) is 2.91. The minimum absolute atomic E-state index is 0.0351. The predicted octanol–water partition coefficient (Wildman–Crippen LogP) is 6.93. The van der Waals surface area contributed by atoms with Gasteiger partial charge in [0.25, 0.3) is 5.91 Å². The van der Waals surface area contributed by atoms with Gasteiger partial charge in [-0.15, -0.1) is 6.58 Å². The van der Waals surface area contributed by atoms with E-state index in [0.29, 0.717) is 40.1 Å². The van der Waals surface area contributed by atoms with Crippen LogP contribution in [-0.4, -0.2) is 19.6 Å². The van der Waals surface area contributed by atoms with Crippen molar-refractivity contribution in [1.82, 2.24) is 5.32 Å². The first kappa shape index (κ1) is 28.6. The van der Waals surface area contributed by atoms with Crippen molar-refractivity contribution >= 4 is 35.2 Å². The zero-order valence-corrected chi connectivity index (χ0v) is 22.7. The fourth-order valence-electron chi connectivity index (χ4n) is 3.63. The first-order valence-electron chi connectivity index (χ1n) is 11.9. The standard InChI is InChI=1S/C30H28Cl2N2O4/c1-4-6-22-13-21(14-24(17-33)30(35)34-18-20-7-11-26(36-3)12-8-20)15-28(37-5-2)29(22)38-19-23-9-10-25(31)16-27(23)32/h4,7-16H,1,5-6,18-19H2,2-3H3,(H,34,35)/b24-14-. The number of nitrogens with zero attached hydrogens (tertiary/aromatic N) is 1. The summed E-state index contributed by atoms with van der Waals surface area (Å²) in [6.07, 6.45) is 3.75. The minimum atomic E-state index is -0.482. The molecule has 0 saturated heterocycles. The minimum Gasteiger partial charge on any atom is -0.497 e. The number of hydrogen-bond acceptors (Lipinski definition) is 5. The molecule has 3 aromatic rings. The van der Waals surface area contributed by atoms with Gasteiger partial charge < -0.3 is 19.5 Å². The van der Waals surface area contributed by atoms with Crippen LogP contribution in [0.5, 0.6) is 17.2 Å². The van der Waals surface area contributed by atoms with Crippen LogP contribution in [0.25, 0.3) is 6.08 Å². The van der Waals surface area contributed by atoms with Crippen LogP contribution in [0, 0.1) is 11.3 Å². The Labute approximate surface area is 233 Å². The highest BCUT2D eigenvalue weighted by molar-refractivity contribution is 6.35. The van der Waals surface area contributed by atoms with Gasteiger partial charge in [0, 0.05) is 27.7 Å². The smallest absolute Gasteiger partial charge is 0.262 e. The van der Waals surface area contributed by atoms with Crippen LogP contribution in [0.2, 0.25) is 10.0 Å². The van der Waals surface area contributed by atoms with Crippen LogP contribution in [-0.2, 0) is 24.4 Å². The van der Waals surface area contributed by atoms with Crippen molar-refractivity contribution in [2.45, 2.75) is 26.5 Å². The Bertz CT molecular complexity index is 1360. The Morgan fingerprint density at radius 3 is 2.47 bits per heavy atom. The van der Waals surface area contributed by atoms with E-state index >= 15 is 0 Å². The van der Waals surface area contributed by atoms with Crippen molar-refractivity contribution in [2.75, 3.05) is 13.7 Å². The molecular formula is C30H28Cl2N2O4. The van der Waals surface area contributed by atoms with Gasteiger partial charge in [0.05, 0.1) is 13.7 Å². The molecule has 0 aliphatic rings. The lowest BCUT2D eigenvalue weighted by molar-refractivity contribution is -0.117. The van der Waals surface area contributed by atoms with Gasteiger partial charge in [-0.1, -0.05) is 47.5 Å². The van der Waals surface area contributed by atoms with Gasteiger partial charge in [-0.3, -0.25) is 4.79 Å². The van der Waals surface area contributed by atoms with Crippen molar-refractivity contribution in [1.29, 1.82) is 5.26 Å². The highest BCUT2D eigenvalue weighted by atomic mass is 35.5. The molecule has 0 unspecified atom stereocenters. The van der Waals surface area contributed by atoms with Gasteiger partial charge >= 0.3 is 0 Å². The molecule has 0 saturated carbocycles. The molecule has 196 valence electrons. The van der Waals surface area contributed by atoms with Crippen LogP contribution >= 0.6 is 23.2 Å². The normalized spacial score (nSPS) is 10.9. The third kappa shape index (κ3) is 7.79. The van der Waals surface area contributed by atoms with E-state index in [-0.39, 0.29) is 18.7 Å². The van der Waals surface area contributed by atoms with Gasteiger partial charge in [0.15, 0.2) is 11.5 Å². The lowest BCUT2D eigenvalue weighted by atomic mass is 10.0. The summed E-state index contributed by atoms with van der Waals surface area (Å²) in [4.78, 5) is 12.8. The number of halogens is 2. The largest absolute Gasteiger partial charge is 0.497 e. The maximum Gasteiger partial charge on any atom is 0.262 e. The van der Waals surface area contributed by atoms with Crippen LogP contribution in [0.4, 0.5) is 0 Å². The molecule has 6 nitrogen and oxygen atoms in total. The van der Waals surface area contributed by atoms with Crippen LogP contribution in [0.1, 0.15) is 29.2 Å². The van der Waals surface area contributed by atoms with Crippen LogP contribution in [0.15, 0.2) is 72.8 Å². The topological polar surface area (TPSA) is 80.6 Å². The van der Waals surface area contributed by atoms with E-state index in [2.05, 4.69) is 11.9 Å². The quantitative estimate of drug-likeness (QED) is 0.150. The van der Waals surface area contributed by atoms with Crippen LogP contribution in [0.3, 0.4) is 0 Å². The van der Waals surface area contributed by atoms with Gasteiger partial charge in [-0.25, -0.2) is 0 Å². The third-order valence-electron chi connectivity index (χ3n) is 5.49. The fraction of sp³-hybridized carbons (Fsp3) is 0.200. The van der Waals surface area contributed by atoms with Gasteiger partial charge in [-0.2, -0.15) is 5.26 Å². The van der Waals surface area contributed by atoms with E-state index in [1.54, 1.807) is 37.5 Å². The molecule has 0 aliphatic carbocycles. The van der Waals surface area contributed by atoms with Gasteiger partial charge in [0.2, 0.25) is 0 Å². The molecule has 8 heteroatoms. The molecule has 0 atom stereocenters. The Hall–Kier alpha value is -3.92. The molecule has 0 radical (unpaired) electrons. The summed E-state index contributed by atoms with van der Waals surface area (Å²) in [6, 6.07) is 18.1. The molecular weight excluding hydrogens is 523 g/mol. The highest BCUT2D eigenvalue weighted by Gasteiger charge is 2.16. The number of allylic oxidation sites excluding steroid dienone is 1. The number of carbonyl (C=O) groups is 1. The second kappa shape index (κ2) is 14.1. The third-order valence-corrected chi connectivity index (χ3v) is 6.08. The van der Waals surface area contributed by atoms with Gasteiger partial charge in [0.1, 0.15) is 24.0 Å². The number of rotatable bonds is 12. The molecule has 0 aliphatic heterocycles. The monoisotopic (exact) mass is 550 g/mol. The van der Waals surface area contributed by atoms with E-state index in [1.807, 2.05) is 43.3 Å². The molecule has 3 rings (SSSR count). The molecule has 0 heterocycles. The number of carbonyl (C=O) groups excluding carboxylic acids is 1. The summed E-state index contributed by atoms with van der Waals surface area (Å²) < 4.78 is 17.2. The summed E-state index contributed by atoms with van der Waals surface area (Å²) in [5, 5.41) is 13.5. The predicted molar refractivity (Wildman–Crippen MR) is 151 cm³/mol. The Balaban J connectivity index is 1.85. The van der Waals surface area contributed by atoms with Crippen LogP contribution < -0.4 is 19.5 Å². The van der Waals surface area contributed by atoms with Crippen molar-refractivity contribution in [3.8, 4) is 23.3 Å². The molecule has 3 aromatic carbocycles. The molecule has 0 bridgehead atoms. The number of amides is 1. The Kier molecular flexibility index (Phi) is 10.7. The summed E-state index contributed by atoms with van der Waals surface area (Å²) in [5.41, 5.74) is 3.03. The summed E-state index contributed by atoms with van der Waals surface area (Å²) in [5.74, 6) is 1.27. The summed E-state index contributed by atoms with van der Waals surface area (Å²) in [7, 11) is 1.59. The molecule has 1 amide bonds. The maximum absolute atomic E-state index is 12.8. The summed E-state index contributed by atoms with van der Waals surface area (Å²) >= 11 is 12.3. The van der Waals surface area contributed by atoms with E-state index in [4.69, 9.17) is 37.4 Å². The van der Waals surface area contributed by atoms with E-state index < -0.39 is 5.91 Å². The molecule has 38 heavy (non-hydrogen) atoms. The first-order chi connectivity index (χ1) is 18.4. The summed E-state index contributed by atoms with van der Waals surface area (Å²) in [6.45, 7) is 6.57. The number of nitrogens with one attached hydrogen (secondary N) is 1. The van der Waals surface area contributed by atoms with Crippen molar-refractivity contribution in [2.24, 2.45) is 0 Å². The zero-order valence-electron chi connectivity index (χ0n) is 21.2. The van der Waals surface area contributed by atoms with E-state index in [0.717, 1.165) is 22.4 Å². The number of benzene rings is 3. The number of hydrogen-bond donors (Lipinski definition) is 1. The lowest BCUT2D eigenvalue weighted by Crippen LogP contribution is -2.23. The molecule has 0 spiro atoms. The SMILES string of the molecule is C=CCc1cc(/C=C(/C#N)C(=O)NCc2ccc(OC)cc2)cc(OCC)c1OCc1ccc(Cl)cc1Cl. The molecule has 1 N–H and O–H groups in total. The zero-order chi connectivity index (χ0) is 27.5. The first-order valence-corrected chi connectivity index (χ1v) is 12.6. The van der Waals surface area contributed by atoms with E-state index in [1.165, 1.54) is 6.08 Å². The number of ether oxygens (including phenoxy) is 3. The van der Waals surface area contributed by atoms with Gasteiger partial charge in [-0.05, 0) is 66.9 Å². The number of methoxy groups -OCH3 is 1. The second-order valence-electron chi connectivity index (χ2n) is 8.16. The van der Waals surface area contributed by atoms with Crippen molar-refractivity contribution < 1.29 is 19.0 Å². The van der Waals surface area contributed by atoms with Crippen molar-refractivity contribution in [3.63, 3.8) is 0 Å². The van der Waals surface area contributed by atoms with Crippen molar-refractivity contribution in [3.05, 3.63) is 105 Å². The number of nitriles is 1. The Morgan fingerprint density at radius 2 is 1.84 bits per heavy atom. The second-order valence-corrected chi connectivity index (χ2v) is 9.00. The highest BCUT2D eigenvalue weighted by Crippen LogP contribution is 2.36. The maximum atomic E-state index is 12.8. The molecule has 0 aromatic heterocycles. The Morgan fingerprint density at radius 1 is 1.08 bits per heavy atom. The lowest BCUT2D eigenvalue weighted by Gasteiger charge is -2.17. The van der Waals surface area contributed by atoms with E-state index in [9.17, 15) is 10.1 Å². The fourth-order valence-corrected chi connectivity index (χ4v) is 4.09. The molecule has 0 fully saturated rings. The average molecular weight is 551 g/mol.